The molecule has 0 aromatic heterocycles. The zero-order valence-electron chi connectivity index (χ0n) is 15.8. The molecule has 0 bridgehead atoms. The van der Waals surface area contributed by atoms with Crippen molar-refractivity contribution in [3.63, 3.8) is 0 Å². The van der Waals surface area contributed by atoms with Crippen LogP contribution in [0.1, 0.15) is 18.4 Å². The molecule has 0 radical (unpaired) electrons. The van der Waals surface area contributed by atoms with Gasteiger partial charge in [0.15, 0.2) is 0 Å². The highest BCUT2D eigenvalue weighted by Gasteiger charge is 2.56. The minimum Gasteiger partial charge on any atom is -0.497 e. The van der Waals surface area contributed by atoms with E-state index in [9.17, 15) is 14.4 Å². The van der Waals surface area contributed by atoms with Crippen LogP contribution in [0.4, 0.5) is 5.69 Å². The Morgan fingerprint density at radius 2 is 1.93 bits per heavy atom. The summed E-state index contributed by atoms with van der Waals surface area (Å²) in [6, 6.07) is 15.9. The number of hydrogen-bond acceptors (Lipinski definition) is 7. The van der Waals surface area contributed by atoms with Crippen molar-refractivity contribution in [1.29, 1.82) is 0 Å². The molecule has 8 nitrogen and oxygen atoms in total. The van der Waals surface area contributed by atoms with Gasteiger partial charge >= 0.3 is 5.97 Å². The molecule has 29 heavy (non-hydrogen) atoms. The van der Waals surface area contributed by atoms with Crippen LogP contribution < -0.4 is 15.1 Å². The minimum atomic E-state index is -1.26. The first-order chi connectivity index (χ1) is 14.0. The summed E-state index contributed by atoms with van der Waals surface area (Å²) in [4.78, 5) is 39.1. The fraction of sp³-hybridized carbons (Fsp3) is 0.238. The molecular formula is C21H19N3O5. The molecule has 2 amide bonds. The molecule has 2 aliphatic rings. The third-order valence-electron chi connectivity index (χ3n) is 4.95. The summed E-state index contributed by atoms with van der Waals surface area (Å²) in [6.07, 6.45) is -0.103. The average molecular weight is 393 g/mol. The van der Waals surface area contributed by atoms with Gasteiger partial charge in [-0.3, -0.25) is 15.0 Å². The van der Waals surface area contributed by atoms with Crippen molar-refractivity contribution in [3.8, 4) is 5.75 Å². The van der Waals surface area contributed by atoms with Crippen molar-refractivity contribution in [3.05, 3.63) is 60.2 Å². The smallest absolute Gasteiger partial charge is 0.354 e. The molecule has 2 aromatic carbocycles. The van der Waals surface area contributed by atoms with E-state index in [2.05, 4.69) is 10.5 Å². The minimum absolute atomic E-state index is 0.00827. The number of esters is 1. The van der Waals surface area contributed by atoms with E-state index in [1.54, 1.807) is 24.3 Å². The van der Waals surface area contributed by atoms with Gasteiger partial charge in [-0.15, -0.1) is 0 Å². The number of ether oxygens (including phenoxy) is 2. The third-order valence-corrected chi connectivity index (χ3v) is 4.95. The fourth-order valence-electron chi connectivity index (χ4n) is 3.44. The number of imide groups is 1. The molecule has 148 valence electrons. The number of anilines is 1. The molecule has 1 spiro atoms. The number of hydrazone groups is 1. The highest BCUT2D eigenvalue weighted by molar-refractivity contribution is 6.39. The maximum atomic E-state index is 13.1. The number of nitrogens with one attached hydrogen (secondary N) is 1. The van der Waals surface area contributed by atoms with E-state index in [1.165, 1.54) is 7.11 Å². The van der Waals surface area contributed by atoms with Crippen molar-refractivity contribution < 1.29 is 23.9 Å². The Morgan fingerprint density at radius 3 is 2.69 bits per heavy atom. The SMILES string of the molecule is COc1cccc(N2C(=O)C[C@]3(CC(C(=O)OCc4ccccc4)=NN3)C2=O)c1. The zero-order chi connectivity index (χ0) is 20.4. The molecular weight excluding hydrogens is 374 g/mol. The second-order valence-corrected chi connectivity index (χ2v) is 6.90. The van der Waals surface area contributed by atoms with E-state index >= 15 is 0 Å². The van der Waals surface area contributed by atoms with Crippen LogP contribution in [0.3, 0.4) is 0 Å². The Labute approximate surface area is 167 Å². The van der Waals surface area contributed by atoms with Gasteiger partial charge in [0.05, 0.1) is 19.2 Å². The molecule has 2 heterocycles. The summed E-state index contributed by atoms with van der Waals surface area (Å²) in [6.45, 7) is 0.106. The Hall–Kier alpha value is -3.68. The summed E-state index contributed by atoms with van der Waals surface area (Å²) in [5.74, 6) is -0.904. The van der Waals surface area contributed by atoms with E-state index in [0.717, 1.165) is 10.5 Å². The molecule has 0 saturated carbocycles. The van der Waals surface area contributed by atoms with Crippen molar-refractivity contribution in [2.24, 2.45) is 5.10 Å². The van der Waals surface area contributed by atoms with Gasteiger partial charge in [-0.2, -0.15) is 5.10 Å². The van der Waals surface area contributed by atoms with Crippen molar-refractivity contribution in [2.75, 3.05) is 12.0 Å². The number of methoxy groups -OCH3 is 1. The monoisotopic (exact) mass is 393 g/mol. The topological polar surface area (TPSA) is 97.3 Å². The summed E-state index contributed by atoms with van der Waals surface area (Å²) in [5, 5.41) is 4.00. The van der Waals surface area contributed by atoms with Gasteiger partial charge in [-0.1, -0.05) is 36.4 Å². The van der Waals surface area contributed by atoms with Crippen LogP contribution in [0.2, 0.25) is 0 Å². The lowest BCUT2D eigenvalue weighted by atomic mass is 9.93. The second kappa shape index (κ2) is 7.38. The first kappa shape index (κ1) is 18.7. The molecule has 2 aromatic rings. The third kappa shape index (κ3) is 3.44. The molecule has 1 fully saturated rings. The number of amides is 2. The lowest BCUT2D eigenvalue weighted by Crippen LogP contribution is -2.47. The second-order valence-electron chi connectivity index (χ2n) is 6.90. The predicted octanol–water partition coefficient (Wildman–Crippen LogP) is 1.79. The highest BCUT2D eigenvalue weighted by atomic mass is 16.5. The van der Waals surface area contributed by atoms with E-state index in [1.807, 2.05) is 30.3 Å². The number of hydrogen-bond donors (Lipinski definition) is 1. The van der Waals surface area contributed by atoms with Crippen LogP contribution in [-0.2, 0) is 25.7 Å². The summed E-state index contributed by atoms with van der Waals surface area (Å²) in [5.41, 5.74) is 2.80. The van der Waals surface area contributed by atoms with Crippen molar-refractivity contribution in [1.82, 2.24) is 5.43 Å². The van der Waals surface area contributed by atoms with Gasteiger partial charge < -0.3 is 9.47 Å². The summed E-state index contributed by atoms with van der Waals surface area (Å²) < 4.78 is 10.4. The highest BCUT2D eigenvalue weighted by Crippen LogP contribution is 2.35. The van der Waals surface area contributed by atoms with E-state index < -0.39 is 17.4 Å². The molecule has 0 unspecified atom stereocenters. The normalized spacial score (nSPS) is 20.6. The molecule has 0 aliphatic carbocycles. The molecule has 4 rings (SSSR count). The Kier molecular flexibility index (Phi) is 4.75. The van der Waals surface area contributed by atoms with Gasteiger partial charge in [0.1, 0.15) is 23.6 Å². The molecule has 1 saturated heterocycles. The standard InChI is InChI=1S/C21H19N3O5/c1-28-16-9-5-8-15(10-16)24-18(25)12-21(20(24)27)11-17(22-23-21)19(26)29-13-14-6-3-2-4-7-14/h2-10,23H,11-13H2,1H3/t21-/m1/s1. The van der Waals surface area contributed by atoms with Crippen LogP contribution in [0.25, 0.3) is 0 Å². The number of benzene rings is 2. The van der Waals surface area contributed by atoms with Crippen LogP contribution in [-0.4, -0.2) is 36.1 Å². The van der Waals surface area contributed by atoms with Gasteiger partial charge in [0, 0.05) is 12.5 Å². The van der Waals surface area contributed by atoms with Gasteiger partial charge in [-0.05, 0) is 17.7 Å². The maximum Gasteiger partial charge on any atom is 0.354 e. The van der Waals surface area contributed by atoms with E-state index in [4.69, 9.17) is 9.47 Å². The lowest BCUT2D eigenvalue weighted by molar-refractivity contribution is -0.136. The van der Waals surface area contributed by atoms with Gasteiger partial charge in [0.25, 0.3) is 5.91 Å². The summed E-state index contributed by atoms with van der Waals surface area (Å²) >= 11 is 0. The van der Waals surface area contributed by atoms with Crippen LogP contribution >= 0.6 is 0 Å². The fourth-order valence-corrected chi connectivity index (χ4v) is 3.44. The predicted molar refractivity (Wildman–Crippen MR) is 104 cm³/mol. The van der Waals surface area contributed by atoms with Crippen molar-refractivity contribution >= 4 is 29.2 Å². The van der Waals surface area contributed by atoms with Crippen LogP contribution in [0.5, 0.6) is 5.75 Å². The first-order valence-corrected chi connectivity index (χ1v) is 9.09. The lowest BCUT2D eigenvalue weighted by Gasteiger charge is -2.21. The number of rotatable bonds is 5. The Morgan fingerprint density at radius 1 is 1.14 bits per heavy atom. The zero-order valence-corrected chi connectivity index (χ0v) is 15.8. The van der Waals surface area contributed by atoms with E-state index in [0.29, 0.717) is 11.4 Å². The quantitative estimate of drug-likeness (QED) is 0.614. The first-order valence-electron chi connectivity index (χ1n) is 9.09. The molecule has 1 atom stereocenters. The average Bonchev–Trinajstić information content (AvgIpc) is 3.28. The Balaban J connectivity index is 1.45. The maximum absolute atomic E-state index is 13.1. The number of nitrogens with zero attached hydrogens (tertiary/aromatic N) is 2. The van der Waals surface area contributed by atoms with Crippen LogP contribution in [0, 0.1) is 0 Å². The molecule has 1 N–H and O–H groups in total. The largest absolute Gasteiger partial charge is 0.497 e. The van der Waals surface area contributed by atoms with Crippen molar-refractivity contribution in [2.45, 2.75) is 25.0 Å². The van der Waals surface area contributed by atoms with Gasteiger partial charge in [0.2, 0.25) is 5.91 Å². The Bertz CT molecular complexity index is 1000. The molecule has 8 heteroatoms. The number of carbonyl (C=O) groups is 3. The van der Waals surface area contributed by atoms with Crippen LogP contribution in [0.15, 0.2) is 59.7 Å². The summed E-state index contributed by atoms with van der Waals surface area (Å²) in [7, 11) is 1.51. The number of carbonyl (C=O) groups excluding carboxylic acids is 3. The molecule has 2 aliphatic heterocycles. The van der Waals surface area contributed by atoms with Gasteiger partial charge in [-0.25, -0.2) is 9.69 Å². The van der Waals surface area contributed by atoms with E-state index in [-0.39, 0.29) is 31.1 Å².